The van der Waals surface area contributed by atoms with Gasteiger partial charge in [0.2, 0.25) is 0 Å². The minimum Gasteiger partial charge on any atom is -0.481 e. The van der Waals surface area contributed by atoms with E-state index in [4.69, 9.17) is 9.84 Å². The molecule has 4 nitrogen and oxygen atoms in total. The number of nitrogens with one attached hydrogen (secondary N) is 1. The van der Waals surface area contributed by atoms with Crippen molar-refractivity contribution in [1.29, 1.82) is 0 Å². The van der Waals surface area contributed by atoms with Gasteiger partial charge in [-0.3, -0.25) is 4.79 Å². The van der Waals surface area contributed by atoms with Crippen LogP contribution in [0.1, 0.15) is 13.3 Å². The largest absolute Gasteiger partial charge is 0.481 e. The lowest BCUT2D eigenvalue weighted by Crippen LogP contribution is -2.37. The smallest absolute Gasteiger partial charge is 0.313 e. The third kappa shape index (κ3) is 1.76. The van der Waals surface area contributed by atoms with Crippen LogP contribution in [0.3, 0.4) is 0 Å². The van der Waals surface area contributed by atoms with Gasteiger partial charge < -0.3 is 15.2 Å². The summed E-state index contributed by atoms with van der Waals surface area (Å²) in [6.45, 7) is 4.08. The van der Waals surface area contributed by atoms with Crippen LogP contribution in [0, 0.1) is 5.41 Å². The molecule has 1 aliphatic rings. The van der Waals surface area contributed by atoms with Crippen LogP contribution in [-0.4, -0.2) is 37.4 Å². The predicted octanol–water partition coefficient (Wildman–Crippen LogP) is 0.0872. The number of rotatable bonds is 4. The third-order valence-electron chi connectivity index (χ3n) is 2.28. The number of aliphatic carboxylic acids is 1. The maximum absolute atomic E-state index is 10.9. The summed E-state index contributed by atoms with van der Waals surface area (Å²) in [6.07, 6.45) is 0.669. The highest BCUT2D eigenvalue weighted by Gasteiger charge is 2.41. The quantitative estimate of drug-likeness (QED) is 0.632. The van der Waals surface area contributed by atoms with Crippen molar-refractivity contribution in [2.24, 2.45) is 5.41 Å². The van der Waals surface area contributed by atoms with Crippen LogP contribution in [0.2, 0.25) is 0 Å². The third-order valence-corrected chi connectivity index (χ3v) is 2.28. The van der Waals surface area contributed by atoms with Crippen molar-refractivity contribution in [2.75, 3.05) is 26.3 Å². The van der Waals surface area contributed by atoms with Crippen LogP contribution in [0.5, 0.6) is 0 Å². The molecule has 1 heterocycles. The fourth-order valence-electron chi connectivity index (χ4n) is 1.41. The van der Waals surface area contributed by atoms with Crippen molar-refractivity contribution in [1.82, 2.24) is 5.32 Å². The topological polar surface area (TPSA) is 58.6 Å². The molecular weight excluding hydrogens is 158 g/mol. The minimum atomic E-state index is -0.749. The summed E-state index contributed by atoms with van der Waals surface area (Å²) < 4.78 is 5.16. The Labute approximate surface area is 71.9 Å². The lowest BCUT2D eigenvalue weighted by atomic mass is 9.88. The number of ether oxygens (including phenoxy) is 1. The second-order valence-electron chi connectivity index (χ2n) is 3.15. The summed E-state index contributed by atoms with van der Waals surface area (Å²) in [5, 5.41) is 12.0. The predicted molar refractivity (Wildman–Crippen MR) is 44.0 cm³/mol. The molecule has 12 heavy (non-hydrogen) atoms. The van der Waals surface area contributed by atoms with E-state index >= 15 is 0 Å². The van der Waals surface area contributed by atoms with Gasteiger partial charge in [-0.05, 0) is 19.9 Å². The number of carbonyl (C=O) groups is 1. The molecule has 0 bridgehead atoms. The zero-order valence-electron chi connectivity index (χ0n) is 7.30. The standard InChI is InChI=1S/C8H15NO3/c1-2-12-6-8(7(10)11)3-4-9-5-8/h9H,2-6H2,1H3,(H,10,11). The Bertz CT molecular complexity index is 164. The normalized spacial score (nSPS) is 29.1. The van der Waals surface area contributed by atoms with Crippen molar-refractivity contribution in [2.45, 2.75) is 13.3 Å². The highest BCUT2D eigenvalue weighted by Crippen LogP contribution is 2.25. The van der Waals surface area contributed by atoms with Crippen LogP contribution in [0.25, 0.3) is 0 Å². The molecule has 0 spiro atoms. The molecule has 0 radical (unpaired) electrons. The first-order valence-corrected chi connectivity index (χ1v) is 4.23. The van der Waals surface area contributed by atoms with E-state index in [0.29, 0.717) is 26.2 Å². The van der Waals surface area contributed by atoms with E-state index in [1.54, 1.807) is 0 Å². The summed E-state index contributed by atoms with van der Waals surface area (Å²) in [4.78, 5) is 10.9. The molecule has 0 amide bonds. The molecule has 0 aromatic carbocycles. The van der Waals surface area contributed by atoms with Gasteiger partial charge in [-0.15, -0.1) is 0 Å². The SMILES string of the molecule is CCOCC1(C(=O)O)CCNC1. The first kappa shape index (κ1) is 9.48. The van der Waals surface area contributed by atoms with Crippen LogP contribution in [-0.2, 0) is 9.53 Å². The molecule has 0 aliphatic carbocycles. The fourth-order valence-corrected chi connectivity index (χ4v) is 1.41. The molecule has 0 saturated carbocycles. The molecule has 1 saturated heterocycles. The Balaban J connectivity index is 2.53. The molecule has 1 unspecified atom stereocenters. The number of hydrogen-bond donors (Lipinski definition) is 2. The van der Waals surface area contributed by atoms with Gasteiger partial charge in [0.15, 0.2) is 0 Å². The van der Waals surface area contributed by atoms with E-state index < -0.39 is 11.4 Å². The van der Waals surface area contributed by atoms with Gasteiger partial charge in [0.1, 0.15) is 5.41 Å². The summed E-state index contributed by atoms with van der Waals surface area (Å²) in [5.41, 5.74) is -0.671. The molecule has 1 atom stereocenters. The van der Waals surface area contributed by atoms with Gasteiger partial charge in [-0.25, -0.2) is 0 Å². The first-order chi connectivity index (χ1) is 5.71. The van der Waals surface area contributed by atoms with Crippen molar-refractivity contribution < 1.29 is 14.6 Å². The Morgan fingerprint density at radius 3 is 2.92 bits per heavy atom. The summed E-state index contributed by atoms with van der Waals surface area (Å²) in [7, 11) is 0. The summed E-state index contributed by atoms with van der Waals surface area (Å²) in [6, 6.07) is 0. The van der Waals surface area contributed by atoms with Gasteiger partial charge >= 0.3 is 5.97 Å². The molecular formula is C8H15NO3. The number of hydrogen-bond acceptors (Lipinski definition) is 3. The van der Waals surface area contributed by atoms with E-state index in [0.717, 1.165) is 6.54 Å². The summed E-state index contributed by atoms with van der Waals surface area (Å²) >= 11 is 0. The maximum atomic E-state index is 10.9. The van der Waals surface area contributed by atoms with Gasteiger partial charge in [0.05, 0.1) is 6.61 Å². The Morgan fingerprint density at radius 2 is 2.50 bits per heavy atom. The molecule has 1 aliphatic heterocycles. The monoisotopic (exact) mass is 173 g/mol. The Hall–Kier alpha value is -0.610. The first-order valence-electron chi connectivity index (χ1n) is 4.23. The molecule has 1 fully saturated rings. The van der Waals surface area contributed by atoms with Crippen molar-refractivity contribution >= 4 is 5.97 Å². The van der Waals surface area contributed by atoms with Crippen molar-refractivity contribution in [3.05, 3.63) is 0 Å². The fraction of sp³-hybridized carbons (Fsp3) is 0.875. The van der Waals surface area contributed by atoms with Crippen LogP contribution < -0.4 is 5.32 Å². The van der Waals surface area contributed by atoms with Gasteiger partial charge in [0, 0.05) is 13.2 Å². The van der Waals surface area contributed by atoms with E-state index in [1.165, 1.54) is 0 Å². The Kier molecular flexibility index (Phi) is 3.05. The second-order valence-corrected chi connectivity index (χ2v) is 3.15. The molecule has 0 aromatic rings. The van der Waals surface area contributed by atoms with Gasteiger partial charge in [-0.2, -0.15) is 0 Å². The molecule has 70 valence electrons. The van der Waals surface area contributed by atoms with Crippen molar-refractivity contribution in [3.63, 3.8) is 0 Å². The maximum Gasteiger partial charge on any atom is 0.313 e. The summed E-state index contributed by atoms with van der Waals surface area (Å²) in [5.74, 6) is -0.749. The highest BCUT2D eigenvalue weighted by molar-refractivity contribution is 5.75. The molecule has 1 rings (SSSR count). The van der Waals surface area contributed by atoms with E-state index in [2.05, 4.69) is 5.32 Å². The lowest BCUT2D eigenvalue weighted by molar-refractivity contribution is -0.151. The van der Waals surface area contributed by atoms with Gasteiger partial charge in [0.25, 0.3) is 0 Å². The minimum absolute atomic E-state index is 0.325. The van der Waals surface area contributed by atoms with E-state index in [-0.39, 0.29) is 0 Å². The average Bonchev–Trinajstić information content (AvgIpc) is 2.50. The van der Waals surface area contributed by atoms with E-state index in [9.17, 15) is 4.79 Å². The van der Waals surface area contributed by atoms with Crippen molar-refractivity contribution in [3.8, 4) is 0 Å². The Morgan fingerprint density at radius 1 is 1.75 bits per heavy atom. The molecule has 2 N–H and O–H groups in total. The number of carboxylic acid groups (broad SMARTS) is 1. The average molecular weight is 173 g/mol. The number of carboxylic acids is 1. The second kappa shape index (κ2) is 3.87. The van der Waals surface area contributed by atoms with Crippen LogP contribution >= 0.6 is 0 Å². The lowest BCUT2D eigenvalue weighted by Gasteiger charge is -2.21. The van der Waals surface area contributed by atoms with Crippen LogP contribution in [0.4, 0.5) is 0 Å². The zero-order valence-corrected chi connectivity index (χ0v) is 7.30. The zero-order chi connectivity index (χ0) is 9.03. The molecule has 4 heteroatoms. The molecule has 0 aromatic heterocycles. The van der Waals surface area contributed by atoms with E-state index in [1.807, 2.05) is 6.92 Å². The highest BCUT2D eigenvalue weighted by atomic mass is 16.5. The van der Waals surface area contributed by atoms with Crippen LogP contribution in [0.15, 0.2) is 0 Å². The van der Waals surface area contributed by atoms with Gasteiger partial charge in [-0.1, -0.05) is 0 Å².